The van der Waals surface area contributed by atoms with Gasteiger partial charge in [0.2, 0.25) is 0 Å². The third-order valence-corrected chi connectivity index (χ3v) is 7.31. The second kappa shape index (κ2) is 9.94. The molecule has 4 heterocycles. The minimum Gasteiger partial charge on any atom is -0.361 e. The molecule has 0 fully saturated rings. The number of aromatic nitrogens is 5. The molecule has 6 aromatic rings. The Morgan fingerprint density at radius 1 is 0.950 bits per heavy atom. The molecule has 0 spiro atoms. The van der Waals surface area contributed by atoms with Gasteiger partial charge in [-0.2, -0.15) is 0 Å². The summed E-state index contributed by atoms with van der Waals surface area (Å²) in [5.74, 6) is 0.319. The van der Waals surface area contributed by atoms with Gasteiger partial charge in [-0.15, -0.1) is 0 Å². The number of hydrogen-bond donors (Lipinski definition) is 3. The molecule has 6 rings (SSSR count). The molecule has 40 heavy (non-hydrogen) atoms. The maximum Gasteiger partial charge on any atom is 0.263 e. The zero-order valence-electron chi connectivity index (χ0n) is 21.5. The van der Waals surface area contributed by atoms with Gasteiger partial charge in [-0.3, -0.25) is 19.0 Å². The fourth-order valence-electron chi connectivity index (χ4n) is 5.02. The summed E-state index contributed by atoms with van der Waals surface area (Å²) >= 11 is 7.14. The first-order valence-electron chi connectivity index (χ1n) is 12.6. The average Bonchev–Trinajstić information content (AvgIpc) is 2.96. The molecule has 0 aliphatic carbocycles. The van der Waals surface area contributed by atoms with Crippen LogP contribution in [0.15, 0.2) is 93.8 Å². The Hall–Kier alpha value is -5.02. The third kappa shape index (κ3) is 4.17. The first kappa shape index (κ1) is 25.3. The molecule has 0 radical (unpaired) electrons. The summed E-state index contributed by atoms with van der Waals surface area (Å²) in [6, 6.07) is 17.3. The van der Waals surface area contributed by atoms with Gasteiger partial charge in [-0.1, -0.05) is 48.0 Å². The van der Waals surface area contributed by atoms with Crippen molar-refractivity contribution < 1.29 is 0 Å². The molecule has 0 unspecified atom stereocenters. The molecule has 0 bridgehead atoms. The number of halogens is 1. The van der Waals surface area contributed by atoms with E-state index in [0.29, 0.717) is 60.7 Å². The Morgan fingerprint density at radius 2 is 1.75 bits per heavy atom. The second-order valence-corrected chi connectivity index (χ2v) is 9.84. The molecule has 9 nitrogen and oxygen atoms in total. The molecule has 0 aliphatic heterocycles. The highest BCUT2D eigenvalue weighted by atomic mass is 35.5. The SMILES string of the molecule is Cc1cc(-c2cccc3c(Cl)c([C@H](C)Nc4ncnc5[nH]ccc(=O)c45)n(-c4ccccc4)c(=O)c23)c[nH]c1=O. The van der Waals surface area contributed by atoms with E-state index in [1.165, 1.54) is 18.6 Å². The maximum absolute atomic E-state index is 14.4. The van der Waals surface area contributed by atoms with E-state index in [4.69, 9.17) is 11.6 Å². The van der Waals surface area contributed by atoms with Gasteiger partial charge in [0.1, 0.15) is 23.2 Å². The molecular weight excluding hydrogens is 528 g/mol. The Morgan fingerprint density at radius 3 is 2.52 bits per heavy atom. The highest BCUT2D eigenvalue weighted by Crippen LogP contribution is 2.36. The van der Waals surface area contributed by atoms with Crippen molar-refractivity contribution in [2.45, 2.75) is 19.9 Å². The number of benzene rings is 2. The molecule has 0 saturated heterocycles. The average molecular weight is 551 g/mol. The van der Waals surface area contributed by atoms with Gasteiger partial charge in [-0.05, 0) is 43.2 Å². The van der Waals surface area contributed by atoms with Crippen molar-refractivity contribution in [3.8, 4) is 16.8 Å². The number of pyridine rings is 3. The van der Waals surface area contributed by atoms with Crippen molar-refractivity contribution in [2.24, 2.45) is 0 Å². The topological polar surface area (TPSA) is 126 Å². The fourth-order valence-corrected chi connectivity index (χ4v) is 5.43. The van der Waals surface area contributed by atoms with Gasteiger partial charge in [0.25, 0.3) is 11.1 Å². The number of para-hydroxylation sites is 1. The highest BCUT2D eigenvalue weighted by Gasteiger charge is 2.24. The lowest BCUT2D eigenvalue weighted by molar-refractivity contribution is 0.774. The Kier molecular flexibility index (Phi) is 6.28. The Labute approximate surface area is 232 Å². The molecule has 3 N–H and O–H groups in total. The Bertz CT molecular complexity index is 2100. The van der Waals surface area contributed by atoms with Crippen LogP contribution in [-0.4, -0.2) is 24.5 Å². The fraction of sp³-hybridized carbons (Fsp3) is 0.100. The third-order valence-electron chi connectivity index (χ3n) is 6.91. The number of aryl methyl sites for hydroxylation is 1. The Balaban J connectivity index is 1.63. The normalized spacial score (nSPS) is 12.1. The number of hydrogen-bond acceptors (Lipinski definition) is 6. The summed E-state index contributed by atoms with van der Waals surface area (Å²) in [6.07, 6.45) is 4.48. The van der Waals surface area contributed by atoms with Crippen LogP contribution in [0.2, 0.25) is 5.02 Å². The second-order valence-electron chi connectivity index (χ2n) is 9.46. The lowest BCUT2D eigenvalue weighted by Gasteiger charge is -2.24. The molecule has 0 aliphatic rings. The standard InChI is InChI=1S/C30H23ClN6O3/c1-16-13-18(14-33-29(16)39)20-9-6-10-21-23(20)30(40)37(19-7-4-3-5-8-19)26(25(21)31)17(2)36-28-24-22(38)11-12-32-27(24)34-15-35-28/h3-15,17H,1-2H3,(H,33,39)(H2,32,34,35,36,38)/t17-/m0/s1. The summed E-state index contributed by atoms with van der Waals surface area (Å²) in [4.78, 5) is 53.3. The molecular formula is C30H23ClN6O3. The molecule has 10 heteroatoms. The predicted molar refractivity (Wildman–Crippen MR) is 158 cm³/mol. The van der Waals surface area contributed by atoms with Gasteiger partial charge in [0.15, 0.2) is 5.43 Å². The van der Waals surface area contributed by atoms with Crippen molar-refractivity contribution in [2.75, 3.05) is 5.32 Å². The molecule has 1 atom stereocenters. The van der Waals surface area contributed by atoms with Gasteiger partial charge in [0, 0.05) is 35.1 Å². The summed E-state index contributed by atoms with van der Waals surface area (Å²) in [7, 11) is 0. The quantitative estimate of drug-likeness (QED) is 0.274. The van der Waals surface area contributed by atoms with Crippen LogP contribution in [-0.2, 0) is 0 Å². The van der Waals surface area contributed by atoms with Gasteiger partial charge < -0.3 is 15.3 Å². The lowest BCUT2D eigenvalue weighted by atomic mass is 9.98. The van der Waals surface area contributed by atoms with E-state index in [-0.39, 0.29) is 16.5 Å². The number of nitrogens with one attached hydrogen (secondary N) is 3. The van der Waals surface area contributed by atoms with Crippen molar-refractivity contribution in [1.29, 1.82) is 0 Å². The number of nitrogens with zero attached hydrogens (tertiary/aromatic N) is 3. The molecule has 4 aromatic heterocycles. The first-order valence-corrected chi connectivity index (χ1v) is 12.9. The van der Waals surface area contributed by atoms with Gasteiger partial charge >= 0.3 is 0 Å². The number of rotatable bonds is 5. The molecule has 2 aromatic carbocycles. The van der Waals surface area contributed by atoms with Crippen LogP contribution in [0.1, 0.15) is 24.2 Å². The summed E-state index contributed by atoms with van der Waals surface area (Å²) in [5, 5.41) is 4.95. The zero-order valence-corrected chi connectivity index (χ0v) is 22.3. The number of H-pyrrole nitrogens is 2. The van der Waals surface area contributed by atoms with E-state index in [1.807, 2.05) is 49.4 Å². The highest BCUT2D eigenvalue weighted by molar-refractivity contribution is 6.36. The maximum atomic E-state index is 14.4. The van der Waals surface area contributed by atoms with Crippen molar-refractivity contribution in [3.05, 3.63) is 127 Å². The monoisotopic (exact) mass is 550 g/mol. The minimum absolute atomic E-state index is 0.193. The summed E-state index contributed by atoms with van der Waals surface area (Å²) < 4.78 is 1.58. The molecule has 0 amide bonds. The van der Waals surface area contributed by atoms with Crippen LogP contribution in [0, 0.1) is 6.92 Å². The van der Waals surface area contributed by atoms with Crippen LogP contribution in [0.5, 0.6) is 0 Å². The molecule has 198 valence electrons. The minimum atomic E-state index is -0.554. The summed E-state index contributed by atoms with van der Waals surface area (Å²) in [5.41, 5.74) is 2.68. The van der Waals surface area contributed by atoms with E-state index in [2.05, 4.69) is 25.3 Å². The van der Waals surface area contributed by atoms with E-state index >= 15 is 0 Å². The van der Waals surface area contributed by atoms with Crippen molar-refractivity contribution in [3.63, 3.8) is 0 Å². The molecule has 0 saturated carbocycles. The van der Waals surface area contributed by atoms with Gasteiger partial charge in [-0.25, -0.2) is 9.97 Å². The van der Waals surface area contributed by atoms with Crippen LogP contribution in [0.4, 0.5) is 5.82 Å². The predicted octanol–water partition coefficient (Wildman–Crippen LogP) is 5.11. The number of aromatic amines is 2. The van der Waals surface area contributed by atoms with Crippen LogP contribution >= 0.6 is 11.6 Å². The van der Waals surface area contributed by atoms with Crippen LogP contribution in [0.3, 0.4) is 0 Å². The van der Waals surface area contributed by atoms with Gasteiger partial charge in [0.05, 0.1) is 22.1 Å². The summed E-state index contributed by atoms with van der Waals surface area (Å²) in [6.45, 7) is 3.57. The number of anilines is 1. The van der Waals surface area contributed by atoms with Crippen LogP contribution < -0.4 is 21.9 Å². The van der Waals surface area contributed by atoms with E-state index in [1.54, 1.807) is 29.8 Å². The van der Waals surface area contributed by atoms with Crippen molar-refractivity contribution >= 4 is 39.2 Å². The zero-order chi connectivity index (χ0) is 28.0. The largest absolute Gasteiger partial charge is 0.361 e. The number of fused-ring (bicyclic) bond motifs is 2. The van der Waals surface area contributed by atoms with Crippen LogP contribution in [0.25, 0.3) is 38.6 Å². The van der Waals surface area contributed by atoms with E-state index < -0.39 is 6.04 Å². The smallest absolute Gasteiger partial charge is 0.263 e. The lowest BCUT2D eigenvalue weighted by Crippen LogP contribution is -2.27. The first-order chi connectivity index (χ1) is 19.3. The van der Waals surface area contributed by atoms with E-state index in [9.17, 15) is 14.4 Å². The van der Waals surface area contributed by atoms with Crippen molar-refractivity contribution in [1.82, 2.24) is 24.5 Å². The van der Waals surface area contributed by atoms with E-state index in [0.717, 1.165) is 0 Å².